The topological polar surface area (TPSA) is 55.6 Å². The Morgan fingerprint density at radius 1 is 1.23 bits per heavy atom. The largest absolute Gasteiger partial charge is 0.492 e. The van der Waals surface area contributed by atoms with E-state index < -0.39 is 0 Å². The van der Waals surface area contributed by atoms with Crippen LogP contribution in [0.2, 0.25) is 5.02 Å². The highest BCUT2D eigenvalue weighted by Gasteiger charge is 2.24. The molecule has 2 heterocycles. The first kappa shape index (κ1) is 16.9. The average molecular weight is 385 g/mol. The van der Waals surface area contributed by atoms with Gasteiger partial charge in [-0.2, -0.15) is 0 Å². The smallest absolute Gasteiger partial charge is 0.268 e. The number of fused-ring (bicyclic) bond motifs is 3. The number of nitrogen functional groups attached to an aromatic ring is 1. The number of carbonyl (C=O) groups excluding carboxylic acids is 1. The monoisotopic (exact) mass is 384 g/mol. The van der Waals surface area contributed by atoms with Crippen LogP contribution < -0.4 is 15.4 Å². The Morgan fingerprint density at radius 2 is 2.04 bits per heavy atom. The summed E-state index contributed by atoms with van der Waals surface area (Å²) in [6, 6.07) is 14.9. The SMILES string of the molecule is CN(C(=O)c1cc2c(s1)-c1ccc(N)cc1OCC2)c1ccccc1Cl. The summed E-state index contributed by atoms with van der Waals surface area (Å²) in [6.07, 6.45) is 0.753. The standard InChI is InChI=1S/C20H17ClN2O2S/c1-23(16-5-3-2-4-15(16)21)20(24)18-10-12-8-9-25-17-11-13(22)6-7-14(17)19(12)26-18/h2-7,10-11H,8-9,22H2,1H3. The number of thiophene rings is 1. The average Bonchev–Trinajstić information content (AvgIpc) is 2.98. The van der Waals surface area contributed by atoms with Gasteiger partial charge in [0.05, 0.1) is 22.2 Å². The molecule has 2 N–H and O–H groups in total. The van der Waals surface area contributed by atoms with Gasteiger partial charge in [-0.25, -0.2) is 0 Å². The fourth-order valence-corrected chi connectivity index (χ4v) is 4.54. The van der Waals surface area contributed by atoms with Gasteiger partial charge in [-0.1, -0.05) is 23.7 Å². The van der Waals surface area contributed by atoms with Gasteiger partial charge in [0.1, 0.15) is 5.75 Å². The highest BCUT2D eigenvalue weighted by molar-refractivity contribution is 7.17. The molecule has 0 fully saturated rings. The fourth-order valence-electron chi connectivity index (χ4n) is 3.06. The molecule has 6 heteroatoms. The zero-order valence-electron chi connectivity index (χ0n) is 14.2. The molecule has 0 aliphatic carbocycles. The maximum atomic E-state index is 13.0. The molecule has 1 aliphatic heterocycles. The molecule has 26 heavy (non-hydrogen) atoms. The van der Waals surface area contributed by atoms with E-state index in [0.717, 1.165) is 28.2 Å². The van der Waals surface area contributed by atoms with Crippen LogP contribution in [0.25, 0.3) is 10.4 Å². The summed E-state index contributed by atoms with van der Waals surface area (Å²) < 4.78 is 5.82. The number of amides is 1. The van der Waals surface area contributed by atoms with Crippen molar-refractivity contribution in [1.29, 1.82) is 0 Å². The Balaban J connectivity index is 1.73. The van der Waals surface area contributed by atoms with Crippen LogP contribution in [0.4, 0.5) is 11.4 Å². The predicted octanol–water partition coefficient (Wildman–Crippen LogP) is 4.86. The molecule has 0 saturated carbocycles. The second kappa shape index (κ2) is 6.67. The summed E-state index contributed by atoms with van der Waals surface area (Å²) in [6.45, 7) is 0.564. The van der Waals surface area contributed by atoms with E-state index in [1.54, 1.807) is 18.0 Å². The molecule has 0 spiro atoms. The number of carbonyl (C=O) groups is 1. The number of ether oxygens (including phenoxy) is 1. The molecule has 3 aromatic rings. The number of halogens is 1. The molecule has 4 rings (SSSR count). The van der Waals surface area contributed by atoms with E-state index in [9.17, 15) is 4.79 Å². The first-order chi connectivity index (χ1) is 12.5. The summed E-state index contributed by atoms with van der Waals surface area (Å²) in [5.74, 6) is 0.693. The third kappa shape index (κ3) is 2.93. The van der Waals surface area contributed by atoms with Gasteiger partial charge < -0.3 is 15.4 Å². The quantitative estimate of drug-likeness (QED) is 0.642. The van der Waals surface area contributed by atoms with Gasteiger partial charge in [0.25, 0.3) is 5.91 Å². The Labute approximate surface area is 160 Å². The number of anilines is 2. The molecule has 1 amide bonds. The van der Waals surface area contributed by atoms with Crippen molar-refractivity contribution in [2.24, 2.45) is 0 Å². The van der Waals surface area contributed by atoms with E-state index in [1.165, 1.54) is 11.3 Å². The third-order valence-corrected chi connectivity index (χ3v) is 5.94. The van der Waals surface area contributed by atoms with Crippen LogP contribution in [0.1, 0.15) is 15.2 Å². The van der Waals surface area contributed by atoms with Gasteiger partial charge in [-0.15, -0.1) is 11.3 Å². The normalized spacial score (nSPS) is 12.5. The maximum absolute atomic E-state index is 13.0. The molecular weight excluding hydrogens is 368 g/mol. The van der Waals surface area contributed by atoms with E-state index in [2.05, 4.69) is 0 Å². The van der Waals surface area contributed by atoms with Gasteiger partial charge >= 0.3 is 0 Å². The van der Waals surface area contributed by atoms with Crippen molar-refractivity contribution in [2.75, 3.05) is 24.3 Å². The maximum Gasteiger partial charge on any atom is 0.268 e. The van der Waals surface area contributed by atoms with Gasteiger partial charge in [-0.3, -0.25) is 4.79 Å². The van der Waals surface area contributed by atoms with Crippen LogP contribution >= 0.6 is 22.9 Å². The lowest BCUT2D eigenvalue weighted by Gasteiger charge is -2.17. The lowest BCUT2D eigenvalue weighted by Crippen LogP contribution is -2.25. The lowest BCUT2D eigenvalue weighted by molar-refractivity contribution is 0.0997. The van der Waals surface area contributed by atoms with Gasteiger partial charge in [-0.05, 0) is 35.9 Å². The fraction of sp³-hybridized carbons (Fsp3) is 0.150. The second-order valence-electron chi connectivity index (χ2n) is 6.13. The molecule has 0 atom stereocenters. The van der Waals surface area contributed by atoms with Crippen molar-refractivity contribution in [3.8, 4) is 16.2 Å². The Hall–Kier alpha value is -2.50. The number of hydrogen-bond donors (Lipinski definition) is 1. The summed E-state index contributed by atoms with van der Waals surface area (Å²) in [5, 5.41) is 0.552. The zero-order chi connectivity index (χ0) is 18.3. The van der Waals surface area contributed by atoms with Crippen molar-refractivity contribution >= 4 is 40.2 Å². The minimum atomic E-state index is -0.0749. The van der Waals surface area contributed by atoms with E-state index >= 15 is 0 Å². The van der Waals surface area contributed by atoms with Crippen molar-refractivity contribution in [2.45, 2.75) is 6.42 Å². The Morgan fingerprint density at radius 3 is 2.85 bits per heavy atom. The van der Waals surface area contributed by atoms with E-state index in [-0.39, 0.29) is 5.91 Å². The third-order valence-electron chi connectivity index (χ3n) is 4.42. The number of benzene rings is 2. The molecule has 0 bridgehead atoms. The minimum Gasteiger partial charge on any atom is -0.492 e. The lowest BCUT2D eigenvalue weighted by atomic mass is 10.1. The van der Waals surface area contributed by atoms with Gasteiger partial charge in [0.2, 0.25) is 0 Å². The molecular formula is C20H17ClN2O2S. The first-order valence-corrected chi connectivity index (χ1v) is 9.42. The summed E-state index contributed by atoms with van der Waals surface area (Å²) in [4.78, 5) is 16.3. The highest BCUT2D eigenvalue weighted by Crippen LogP contribution is 2.42. The van der Waals surface area contributed by atoms with Crippen LogP contribution in [0.3, 0.4) is 0 Å². The van der Waals surface area contributed by atoms with Gasteiger partial charge in [0.15, 0.2) is 0 Å². The molecule has 132 valence electrons. The number of para-hydroxylation sites is 1. The molecule has 0 unspecified atom stereocenters. The van der Waals surface area contributed by atoms with Crippen molar-refractivity contribution in [3.05, 3.63) is 64.0 Å². The molecule has 4 nitrogen and oxygen atoms in total. The highest BCUT2D eigenvalue weighted by atomic mass is 35.5. The number of rotatable bonds is 2. The van der Waals surface area contributed by atoms with Gasteiger partial charge in [0, 0.05) is 35.7 Å². The van der Waals surface area contributed by atoms with Crippen molar-refractivity contribution in [3.63, 3.8) is 0 Å². The van der Waals surface area contributed by atoms with E-state index in [0.29, 0.717) is 27.9 Å². The number of hydrogen-bond acceptors (Lipinski definition) is 4. The van der Waals surface area contributed by atoms with Crippen molar-refractivity contribution in [1.82, 2.24) is 0 Å². The molecule has 1 aliphatic rings. The number of nitrogens with two attached hydrogens (primary N) is 1. The summed E-state index contributed by atoms with van der Waals surface area (Å²) in [5.41, 5.74) is 9.34. The van der Waals surface area contributed by atoms with Crippen LogP contribution in [0.5, 0.6) is 5.75 Å². The van der Waals surface area contributed by atoms with Crippen LogP contribution in [0, 0.1) is 0 Å². The summed E-state index contributed by atoms with van der Waals surface area (Å²) >= 11 is 7.72. The van der Waals surface area contributed by atoms with E-state index in [1.807, 2.05) is 42.5 Å². The predicted molar refractivity (Wildman–Crippen MR) is 108 cm³/mol. The first-order valence-electron chi connectivity index (χ1n) is 8.22. The van der Waals surface area contributed by atoms with Crippen molar-refractivity contribution < 1.29 is 9.53 Å². The zero-order valence-corrected chi connectivity index (χ0v) is 15.7. The second-order valence-corrected chi connectivity index (χ2v) is 7.59. The Kier molecular flexibility index (Phi) is 4.34. The van der Waals surface area contributed by atoms with Crippen LogP contribution in [-0.2, 0) is 6.42 Å². The summed E-state index contributed by atoms with van der Waals surface area (Å²) in [7, 11) is 1.74. The molecule has 0 radical (unpaired) electrons. The van der Waals surface area contributed by atoms with Crippen LogP contribution in [0.15, 0.2) is 48.5 Å². The van der Waals surface area contributed by atoms with E-state index in [4.69, 9.17) is 22.1 Å². The molecule has 2 aromatic carbocycles. The number of nitrogens with zero attached hydrogens (tertiary/aromatic N) is 1. The minimum absolute atomic E-state index is 0.0749. The van der Waals surface area contributed by atoms with Crippen LogP contribution in [-0.4, -0.2) is 19.6 Å². The molecule has 0 saturated heterocycles. The molecule has 1 aromatic heterocycles. The Bertz CT molecular complexity index is 999.